The molecule has 2 amide bonds. The molecule has 1 fully saturated rings. The van der Waals surface area contributed by atoms with E-state index >= 15 is 0 Å². The zero-order valence-electron chi connectivity index (χ0n) is 20.8. The lowest BCUT2D eigenvalue weighted by Gasteiger charge is -2.27. The number of halogens is 1. The van der Waals surface area contributed by atoms with Crippen molar-refractivity contribution in [2.45, 2.75) is 39.2 Å². The topological polar surface area (TPSA) is 114 Å². The molecule has 1 saturated heterocycles. The Kier molecular flexibility index (Phi) is 8.50. The first-order chi connectivity index (χ1) is 17.9. The van der Waals surface area contributed by atoms with Crippen molar-refractivity contribution >= 4 is 22.8 Å². The largest absolute Gasteiger partial charge is 0.505 e. The smallest absolute Gasteiger partial charge is 0.267 e. The normalized spacial score (nSPS) is 13.8. The Hall–Kier alpha value is -3.79. The highest BCUT2D eigenvalue weighted by Crippen LogP contribution is 2.26. The number of carbonyl (C=O) groups is 2. The predicted molar refractivity (Wildman–Crippen MR) is 136 cm³/mol. The van der Waals surface area contributed by atoms with Crippen molar-refractivity contribution in [3.63, 3.8) is 0 Å². The van der Waals surface area contributed by atoms with Gasteiger partial charge in [0.25, 0.3) is 11.5 Å². The molecule has 37 heavy (non-hydrogen) atoms. The Bertz CT molecular complexity index is 1340. The van der Waals surface area contributed by atoms with E-state index in [0.29, 0.717) is 38.1 Å². The number of benzene rings is 1. The molecule has 1 aliphatic rings. The van der Waals surface area contributed by atoms with Gasteiger partial charge in [0.1, 0.15) is 16.9 Å². The maximum absolute atomic E-state index is 13.5. The Morgan fingerprint density at radius 2 is 1.95 bits per heavy atom. The lowest BCUT2D eigenvalue weighted by molar-refractivity contribution is -0.133. The number of rotatable bonds is 10. The summed E-state index contributed by atoms with van der Waals surface area (Å²) < 4.78 is 19.9. The summed E-state index contributed by atoms with van der Waals surface area (Å²) in [6, 6.07) is 7.82. The molecular weight excluding hydrogens is 479 g/mol. The first kappa shape index (κ1) is 26.3. The van der Waals surface area contributed by atoms with Crippen molar-refractivity contribution in [2.75, 3.05) is 32.8 Å². The summed E-state index contributed by atoms with van der Waals surface area (Å²) in [4.78, 5) is 44.8. The number of fused-ring (bicyclic) bond motifs is 1. The Labute approximate surface area is 213 Å². The summed E-state index contributed by atoms with van der Waals surface area (Å²) in [7, 11) is 0. The number of amides is 2. The third kappa shape index (κ3) is 6.14. The van der Waals surface area contributed by atoms with E-state index in [2.05, 4.69) is 10.3 Å². The number of aromatic hydroxyl groups is 1. The Morgan fingerprint density at radius 1 is 1.16 bits per heavy atom. The van der Waals surface area contributed by atoms with Gasteiger partial charge in [-0.3, -0.25) is 19.4 Å². The molecular formula is C27H31FN4O5. The van der Waals surface area contributed by atoms with E-state index in [1.165, 1.54) is 16.7 Å². The van der Waals surface area contributed by atoms with E-state index in [-0.39, 0.29) is 36.9 Å². The van der Waals surface area contributed by atoms with Crippen LogP contribution in [0.4, 0.5) is 4.39 Å². The number of aromatic nitrogens is 2. The molecule has 0 atom stereocenters. The molecule has 9 nitrogen and oxygen atoms in total. The lowest BCUT2D eigenvalue weighted by atomic mass is 10.1. The molecule has 4 rings (SSSR count). The van der Waals surface area contributed by atoms with E-state index in [4.69, 9.17) is 4.74 Å². The van der Waals surface area contributed by atoms with Gasteiger partial charge in [-0.05, 0) is 55.5 Å². The van der Waals surface area contributed by atoms with Crippen LogP contribution >= 0.6 is 0 Å². The quantitative estimate of drug-likeness (QED) is 0.406. The highest BCUT2D eigenvalue weighted by molar-refractivity contribution is 6.01. The number of hydrogen-bond acceptors (Lipinski definition) is 6. The molecule has 0 spiro atoms. The van der Waals surface area contributed by atoms with E-state index in [1.807, 2.05) is 6.92 Å². The monoisotopic (exact) mass is 510 g/mol. The van der Waals surface area contributed by atoms with Gasteiger partial charge in [0.2, 0.25) is 5.91 Å². The van der Waals surface area contributed by atoms with Gasteiger partial charge in [-0.15, -0.1) is 0 Å². The van der Waals surface area contributed by atoms with Crippen LogP contribution < -0.4 is 10.9 Å². The zero-order chi connectivity index (χ0) is 26.4. The van der Waals surface area contributed by atoms with E-state index < -0.39 is 22.8 Å². The molecule has 3 heterocycles. The number of ether oxygens (including phenoxy) is 1. The summed E-state index contributed by atoms with van der Waals surface area (Å²) in [5, 5.41) is 13.5. The highest BCUT2D eigenvalue weighted by Gasteiger charge is 2.24. The molecule has 196 valence electrons. The van der Waals surface area contributed by atoms with Crippen LogP contribution in [-0.2, 0) is 22.5 Å². The van der Waals surface area contributed by atoms with Crippen molar-refractivity contribution < 1.29 is 23.8 Å². The minimum absolute atomic E-state index is 0.0337. The van der Waals surface area contributed by atoms with E-state index in [1.54, 1.807) is 29.3 Å². The van der Waals surface area contributed by atoms with Crippen molar-refractivity contribution in [1.82, 2.24) is 19.8 Å². The molecule has 10 heteroatoms. The van der Waals surface area contributed by atoms with Crippen molar-refractivity contribution in [2.24, 2.45) is 0 Å². The lowest BCUT2D eigenvalue weighted by Crippen LogP contribution is -2.40. The number of nitrogens with one attached hydrogen (secondary N) is 1. The predicted octanol–water partition coefficient (Wildman–Crippen LogP) is 2.61. The third-order valence-corrected chi connectivity index (χ3v) is 6.43. The van der Waals surface area contributed by atoms with Gasteiger partial charge >= 0.3 is 0 Å². The maximum Gasteiger partial charge on any atom is 0.267 e. The second-order valence-corrected chi connectivity index (χ2v) is 8.99. The van der Waals surface area contributed by atoms with Crippen LogP contribution in [0.5, 0.6) is 5.75 Å². The molecule has 1 aromatic carbocycles. The summed E-state index contributed by atoms with van der Waals surface area (Å²) in [5.74, 6) is -1.51. The number of pyridine rings is 2. The van der Waals surface area contributed by atoms with Crippen LogP contribution in [0.3, 0.4) is 0 Å². The fourth-order valence-electron chi connectivity index (χ4n) is 4.50. The fourth-order valence-corrected chi connectivity index (χ4v) is 4.50. The fraction of sp³-hybridized carbons (Fsp3) is 0.407. The molecule has 2 N–H and O–H groups in total. The van der Waals surface area contributed by atoms with Gasteiger partial charge in [-0.2, -0.15) is 0 Å². The first-order valence-corrected chi connectivity index (χ1v) is 12.5. The molecule has 0 unspecified atom stereocenters. The van der Waals surface area contributed by atoms with Crippen LogP contribution in [0.1, 0.15) is 47.7 Å². The SMILES string of the molecule is CCOCCNC(=O)c1c(O)c2ncc(Cc3ccc(F)cc3)cc2n(CCN2CCCCC2=O)c1=O. The summed E-state index contributed by atoms with van der Waals surface area (Å²) in [6.07, 6.45) is 4.21. The molecule has 1 aliphatic heterocycles. The van der Waals surface area contributed by atoms with Gasteiger partial charge in [0.15, 0.2) is 5.75 Å². The van der Waals surface area contributed by atoms with Gasteiger partial charge in [-0.25, -0.2) is 4.39 Å². The van der Waals surface area contributed by atoms with Crippen LogP contribution in [0, 0.1) is 5.82 Å². The second-order valence-electron chi connectivity index (χ2n) is 8.99. The third-order valence-electron chi connectivity index (χ3n) is 6.43. The van der Waals surface area contributed by atoms with Crippen molar-refractivity contribution in [3.8, 4) is 5.75 Å². The van der Waals surface area contributed by atoms with Crippen LogP contribution in [-0.4, -0.2) is 64.2 Å². The number of carbonyl (C=O) groups excluding carboxylic acids is 2. The second kappa shape index (κ2) is 12.0. The Morgan fingerprint density at radius 3 is 2.68 bits per heavy atom. The Balaban J connectivity index is 1.72. The van der Waals surface area contributed by atoms with Gasteiger partial charge in [-0.1, -0.05) is 12.1 Å². The molecule has 3 aromatic rings. The van der Waals surface area contributed by atoms with Gasteiger partial charge in [0.05, 0.1) is 12.1 Å². The van der Waals surface area contributed by atoms with Gasteiger partial charge < -0.3 is 24.6 Å². The van der Waals surface area contributed by atoms with Crippen molar-refractivity contribution in [3.05, 3.63) is 69.4 Å². The number of nitrogens with zero attached hydrogens (tertiary/aromatic N) is 3. The highest BCUT2D eigenvalue weighted by atomic mass is 19.1. The number of likely N-dealkylation sites (tertiary alicyclic amines) is 1. The van der Waals surface area contributed by atoms with E-state index in [9.17, 15) is 23.9 Å². The minimum Gasteiger partial charge on any atom is -0.505 e. The van der Waals surface area contributed by atoms with E-state index in [0.717, 1.165) is 24.0 Å². The summed E-state index contributed by atoms with van der Waals surface area (Å²) in [6.45, 7) is 3.82. The van der Waals surface area contributed by atoms with Gasteiger partial charge in [0, 0.05) is 45.4 Å². The average Bonchev–Trinajstić information content (AvgIpc) is 2.89. The molecule has 0 radical (unpaired) electrons. The van der Waals surface area contributed by atoms with Crippen LogP contribution in [0.2, 0.25) is 0 Å². The molecule has 2 aromatic heterocycles. The first-order valence-electron chi connectivity index (χ1n) is 12.5. The number of piperidine rings is 1. The molecule has 0 bridgehead atoms. The maximum atomic E-state index is 13.5. The minimum atomic E-state index is -0.718. The average molecular weight is 511 g/mol. The number of hydrogen-bond donors (Lipinski definition) is 2. The van der Waals surface area contributed by atoms with Crippen molar-refractivity contribution in [1.29, 1.82) is 0 Å². The summed E-state index contributed by atoms with van der Waals surface area (Å²) >= 11 is 0. The summed E-state index contributed by atoms with van der Waals surface area (Å²) in [5.41, 5.74) is 1.01. The van der Waals surface area contributed by atoms with Crippen LogP contribution in [0.25, 0.3) is 11.0 Å². The zero-order valence-corrected chi connectivity index (χ0v) is 20.8. The van der Waals surface area contributed by atoms with Crippen LogP contribution in [0.15, 0.2) is 41.3 Å². The molecule has 0 aliphatic carbocycles. The molecule has 0 saturated carbocycles. The standard InChI is InChI=1S/C27H31FN4O5/c1-2-37-14-10-29-26(35)23-25(34)24-21(16-19(17-30-24)15-18-6-8-20(28)9-7-18)32(27(23)36)13-12-31-11-4-3-5-22(31)33/h6-9,16-17,34H,2-5,10-15H2,1H3,(H,29,35).